The Morgan fingerprint density at radius 3 is 2.31 bits per heavy atom. The summed E-state index contributed by atoms with van der Waals surface area (Å²) in [6, 6.07) is 14.9. The van der Waals surface area contributed by atoms with E-state index in [1.165, 1.54) is 6.08 Å². The molecule has 0 amide bonds. The summed E-state index contributed by atoms with van der Waals surface area (Å²) in [5, 5.41) is 3.89. The number of nitrogens with one attached hydrogen (secondary N) is 1. The topological polar surface area (TPSA) is 63.2 Å². The Labute approximate surface area is 156 Å². The number of benzene rings is 2. The van der Waals surface area contributed by atoms with E-state index in [-0.39, 0.29) is 10.7 Å². The first-order chi connectivity index (χ1) is 12.4. The van der Waals surface area contributed by atoms with Gasteiger partial charge in [0.15, 0.2) is 5.78 Å². The number of hydrogen-bond donors (Lipinski definition) is 1. The molecule has 26 heavy (non-hydrogen) atoms. The van der Waals surface area contributed by atoms with E-state index in [4.69, 9.17) is 0 Å². The minimum Gasteiger partial charge on any atom is -0.289 e. The van der Waals surface area contributed by atoms with Gasteiger partial charge in [0.2, 0.25) is 0 Å². The fourth-order valence-electron chi connectivity index (χ4n) is 2.27. The molecule has 0 atom stereocenters. The van der Waals surface area contributed by atoms with Crippen LogP contribution in [0.5, 0.6) is 0 Å². The maximum Gasteiger partial charge on any atom is 0.261 e. The van der Waals surface area contributed by atoms with Crippen molar-refractivity contribution in [2.45, 2.75) is 11.8 Å². The van der Waals surface area contributed by atoms with Gasteiger partial charge < -0.3 is 0 Å². The fraction of sp³-hybridized carbons (Fsp3) is 0.0500. The van der Waals surface area contributed by atoms with E-state index in [0.29, 0.717) is 11.3 Å². The number of hydrogen-bond acceptors (Lipinski definition) is 4. The van der Waals surface area contributed by atoms with Gasteiger partial charge in [0, 0.05) is 11.3 Å². The highest BCUT2D eigenvalue weighted by molar-refractivity contribution is 7.92. The Balaban J connectivity index is 1.71. The van der Waals surface area contributed by atoms with Gasteiger partial charge in [0.1, 0.15) is 0 Å². The average Bonchev–Trinajstić information content (AvgIpc) is 3.14. The second kappa shape index (κ2) is 7.68. The van der Waals surface area contributed by atoms with Gasteiger partial charge in [-0.2, -0.15) is 11.3 Å². The summed E-state index contributed by atoms with van der Waals surface area (Å²) in [5.74, 6) is -0.135. The highest BCUT2D eigenvalue weighted by atomic mass is 32.2. The molecule has 3 rings (SSSR count). The third-order valence-corrected chi connectivity index (χ3v) is 5.82. The maximum absolute atomic E-state index is 12.4. The van der Waals surface area contributed by atoms with Crippen LogP contribution >= 0.6 is 11.3 Å². The van der Waals surface area contributed by atoms with Crippen molar-refractivity contribution in [1.29, 1.82) is 0 Å². The normalized spacial score (nSPS) is 11.6. The van der Waals surface area contributed by atoms with Crippen LogP contribution in [0.4, 0.5) is 5.69 Å². The van der Waals surface area contributed by atoms with Crippen LogP contribution < -0.4 is 4.72 Å². The van der Waals surface area contributed by atoms with Crippen LogP contribution in [0.15, 0.2) is 76.3 Å². The fourth-order valence-corrected chi connectivity index (χ4v) is 3.96. The van der Waals surface area contributed by atoms with Gasteiger partial charge in [-0.1, -0.05) is 23.8 Å². The van der Waals surface area contributed by atoms with Crippen molar-refractivity contribution in [1.82, 2.24) is 0 Å². The number of allylic oxidation sites excluding steroid dienone is 1. The maximum atomic E-state index is 12.4. The monoisotopic (exact) mass is 383 g/mol. The molecule has 1 N–H and O–H groups in total. The molecule has 0 saturated carbocycles. The summed E-state index contributed by atoms with van der Waals surface area (Å²) < 4.78 is 27.3. The summed E-state index contributed by atoms with van der Waals surface area (Å²) in [6.07, 6.45) is 3.26. The van der Waals surface area contributed by atoms with Gasteiger partial charge in [-0.25, -0.2) is 8.42 Å². The Morgan fingerprint density at radius 2 is 1.69 bits per heavy atom. The zero-order valence-electron chi connectivity index (χ0n) is 14.0. The Morgan fingerprint density at radius 1 is 1.00 bits per heavy atom. The molecule has 0 fully saturated rings. The quantitative estimate of drug-likeness (QED) is 0.493. The molecule has 0 aliphatic carbocycles. The first kappa shape index (κ1) is 18.1. The summed E-state index contributed by atoms with van der Waals surface area (Å²) in [4.78, 5) is 12.4. The first-order valence-electron chi connectivity index (χ1n) is 7.88. The van der Waals surface area contributed by atoms with E-state index < -0.39 is 10.0 Å². The van der Waals surface area contributed by atoms with Crippen LogP contribution in [0.25, 0.3) is 6.08 Å². The molecule has 2 aromatic carbocycles. The summed E-state index contributed by atoms with van der Waals surface area (Å²) in [6.45, 7) is 1.90. The Kier molecular flexibility index (Phi) is 5.35. The van der Waals surface area contributed by atoms with Gasteiger partial charge in [-0.05, 0) is 71.8 Å². The van der Waals surface area contributed by atoms with Crippen molar-refractivity contribution < 1.29 is 13.2 Å². The molecule has 0 bridgehead atoms. The third kappa shape index (κ3) is 4.47. The predicted octanol–water partition coefficient (Wildman–Crippen LogP) is 4.75. The minimum atomic E-state index is -3.65. The standard InChI is InChI=1S/C20H17NO3S2/c1-15-2-9-19(10-3-15)26(23,24)21-18-7-5-17(6-8-18)20(22)11-4-16-12-13-25-14-16/h2-14,21H,1H3. The lowest BCUT2D eigenvalue weighted by Crippen LogP contribution is -2.13. The number of ketones is 1. The number of rotatable bonds is 6. The van der Waals surface area contributed by atoms with Crippen LogP contribution in [-0.2, 0) is 10.0 Å². The SMILES string of the molecule is Cc1ccc(S(=O)(=O)Nc2ccc(C(=O)C=Cc3ccsc3)cc2)cc1. The highest BCUT2D eigenvalue weighted by Crippen LogP contribution is 2.18. The second-order valence-corrected chi connectivity index (χ2v) is 8.21. The van der Waals surface area contributed by atoms with Crippen molar-refractivity contribution in [3.63, 3.8) is 0 Å². The number of carbonyl (C=O) groups excluding carboxylic acids is 1. The molecular weight excluding hydrogens is 366 g/mol. The van der Waals surface area contributed by atoms with Gasteiger partial charge in [0.05, 0.1) is 4.90 Å². The van der Waals surface area contributed by atoms with E-state index in [9.17, 15) is 13.2 Å². The summed E-state index contributed by atoms with van der Waals surface area (Å²) in [5.41, 5.74) is 2.87. The molecule has 0 unspecified atom stereocenters. The van der Waals surface area contributed by atoms with Crippen molar-refractivity contribution in [2.24, 2.45) is 0 Å². The van der Waals surface area contributed by atoms with Crippen molar-refractivity contribution in [2.75, 3.05) is 4.72 Å². The zero-order valence-corrected chi connectivity index (χ0v) is 15.7. The van der Waals surface area contributed by atoms with E-state index >= 15 is 0 Å². The lowest BCUT2D eigenvalue weighted by molar-refractivity contribution is 0.104. The van der Waals surface area contributed by atoms with E-state index in [0.717, 1.165) is 11.1 Å². The second-order valence-electron chi connectivity index (χ2n) is 5.75. The molecule has 1 heterocycles. The van der Waals surface area contributed by atoms with E-state index in [2.05, 4.69) is 4.72 Å². The average molecular weight is 383 g/mol. The molecule has 6 heteroatoms. The number of thiophene rings is 1. The molecule has 0 saturated heterocycles. The first-order valence-corrected chi connectivity index (χ1v) is 10.3. The summed E-state index contributed by atoms with van der Waals surface area (Å²) in [7, 11) is -3.65. The molecule has 0 spiro atoms. The van der Waals surface area contributed by atoms with Crippen LogP contribution in [0, 0.1) is 6.92 Å². The lowest BCUT2D eigenvalue weighted by Gasteiger charge is -2.08. The lowest BCUT2D eigenvalue weighted by atomic mass is 10.1. The van der Waals surface area contributed by atoms with Crippen molar-refractivity contribution in [3.8, 4) is 0 Å². The molecule has 1 aromatic heterocycles. The Bertz CT molecular complexity index is 1020. The minimum absolute atomic E-state index is 0.135. The molecule has 0 radical (unpaired) electrons. The zero-order chi connectivity index (χ0) is 18.6. The van der Waals surface area contributed by atoms with E-state index in [1.54, 1.807) is 65.9 Å². The van der Waals surface area contributed by atoms with Crippen LogP contribution in [0.2, 0.25) is 0 Å². The van der Waals surface area contributed by atoms with Gasteiger partial charge in [-0.3, -0.25) is 9.52 Å². The molecular formula is C20H17NO3S2. The molecule has 4 nitrogen and oxygen atoms in total. The van der Waals surface area contributed by atoms with Gasteiger partial charge in [0.25, 0.3) is 10.0 Å². The number of aryl methyl sites for hydroxylation is 1. The third-order valence-electron chi connectivity index (χ3n) is 3.72. The van der Waals surface area contributed by atoms with E-state index in [1.807, 2.05) is 23.8 Å². The molecule has 3 aromatic rings. The van der Waals surface area contributed by atoms with Gasteiger partial charge in [-0.15, -0.1) is 0 Å². The number of carbonyl (C=O) groups is 1. The van der Waals surface area contributed by atoms with Crippen LogP contribution in [0.1, 0.15) is 21.5 Å². The van der Waals surface area contributed by atoms with Crippen LogP contribution in [-0.4, -0.2) is 14.2 Å². The number of sulfonamides is 1. The van der Waals surface area contributed by atoms with Gasteiger partial charge >= 0.3 is 0 Å². The van der Waals surface area contributed by atoms with Crippen LogP contribution in [0.3, 0.4) is 0 Å². The smallest absolute Gasteiger partial charge is 0.261 e. The molecule has 0 aliphatic heterocycles. The largest absolute Gasteiger partial charge is 0.289 e. The van der Waals surface area contributed by atoms with Crippen molar-refractivity contribution in [3.05, 3.63) is 88.1 Å². The molecule has 0 aliphatic rings. The Hall–Kier alpha value is -2.70. The summed E-state index contributed by atoms with van der Waals surface area (Å²) >= 11 is 1.57. The highest BCUT2D eigenvalue weighted by Gasteiger charge is 2.14. The molecule has 132 valence electrons. The predicted molar refractivity (Wildman–Crippen MR) is 106 cm³/mol. The number of anilines is 1. The van der Waals surface area contributed by atoms with Crippen molar-refractivity contribution >= 4 is 38.9 Å².